The van der Waals surface area contributed by atoms with Crippen molar-refractivity contribution in [1.82, 2.24) is 5.32 Å². The summed E-state index contributed by atoms with van der Waals surface area (Å²) >= 11 is 0. The number of ether oxygens (including phenoxy) is 1. The molecule has 0 radical (unpaired) electrons. The van der Waals surface area contributed by atoms with Gasteiger partial charge in [0.15, 0.2) is 5.76 Å². The Morgan fingerprint density at radius 2 is 1.75 bits per heavy atom. The Kier molecular flexibility index (Phi) is 7.22. The highest BCUT2D eigenvalue weighted by Gasteiger charge is 2.17. The number of nitrogens with zero attached hydrogens (tertiary/aromatic N) is 1. The summed E-state index contributed by atoms with van der Waals surface area (Å²) in [6.45, 7) is 0.123. The third-order valence-corrected chi connectivity index (χ3v) is 4.34. The second-order valence-electron chi connectivity index (χ2n) is 6.63. The molecule has 162 valence electrons. The lowest BCUT2D eigenvalue weighted by atomic mass is 10.1. The molecule has 0 saturated carbocycles. The van der Waals surface area contributed by atoms with E-state index in [1.165, 1.54) is 6.07 Å². The fourth-order valence-electron chi connectivity index (χ4n) is 2.78. The highest BCUT2D eigenvalue weighted by molar-refractivity contribution is 6.07. The Hall–Kier alpha value is -4.58. The third-order valence-electron chi connectivity index (χ3n) is 4.34. The zero-order valence-corrected chi connectivity index (χ0v) is 17.0. The van der Waals surface area contributed by atoms with Crippen LogP contribution < -0.4 is 21.1 Å². The van der Waals surface area contributed by atoms with E-state index in [0.29, 0.717) is 17.1 Å². The number of amides is 3. The topological polar surface area (TPSA) is 147 Å². The van der Waals surface area contributed by atoms with Crippen LogP contribution in [-0.4, -0.2) is 24.3 Å². The van der Waals surface area contributed by atoms with Gasteiger partial charge in [-0.05, 0) is 36.4 Å². The van der Waals surface area contributed by atoms with Gasteiger partial charge in [0.2, 0.25) is 5.91 Å². The molecule has 9 nitrogen and oxygen atoms in total. The summed E-state index contributed by atoms with van der Waals surface area (Å²) in [5, 5.41) is 14.3. The predicted molar refractivity (Wildman–Crippen MR) is 115 cm³/mol. The molecular weight excluding hydrogens is 412 g/mol. The maximum Gasteiger partial charge on any atom is 0.291 e. The molecule has 9 heteroatoms. The van der Waals surface area contributed by atoms with Gasteiger partial charge in [-0.15, -0.1) is 0 Å². The van der Waals surface area contributed by atoms with Crippen molar-refractivity contribution in [3.05, 3.63) is 83.3 Å². The lowest BCUT2D eigenvalue weighted by Gasteiger charge is -2.10. The number of nitrogens with one attached hydrogen (secondary N) is 2. The molecule has 32 heavy (non-hydrogen) atoms. The Balaban J connectivity index is 1.63. The number of carbonyl (C=O) groups excluding carboxylic acids is 3. The number of para-hydroxylation sites is 2. The summed E-state index contributed by atoms with van der Waals surface area (Å²) in [7, 11) is 0. The standard InChI is InChI=1S/C23H20N4O5/c24-13-15-5-1-4-8-19(15)31-14-16-9-10-20(32-16)23(30)27-18-7-3-2-6-17(18)22(29)26-12-11-21(25)28/h1-10H,11-12,14H2,(H2,25,28)(H,26,29)(H,27,30). The average Bonchev–Trinajstić information content (AvgIpc) is 3.27. The van der Waals surface area contributed by atoms with Crippen LogP contribution in [0, 0.1) is 11.3 Å². The Morgan fingerprint density at radius 3 is 2.53 bits per heavy atom. The van der Waals surface area contributed by atoms with Gasteiger partial charge in [-0.3, -0.25) is 14.4 Å². The van der Waals surface area contributed by atoms with E-state index in [-0.39, 0.29) is 36.6 Å². The van der Waals surface area contributed by atoms with Crippen molar-refractivity contribution in [1.29, 1.82) is 5.26 Å². The largest absolute Gasteiger partial charge is 0.484 e. The van der Waals surface area contributed by atoms with Crippen molar-refractivity contribution in [3.8, 4) is 11.8 Å². The molecule has 0 aliphatic carbocycles. The number of nitriles is 1. The van der Waals surface area contributed by atoms with Crippen molar-refractivity contribution < 1.29 is 23.5 Å². The van der Waals surface area contributed by atoms with Gasteiger partial charge in [0, 0.05) is 13.0 Å². The van der Waals surface area contributed by atoms with E-state index in [9.17, 15) is 14.4 Å². The van der Waals surface area contributed by atoms with Crippen molar-refractivity contribution in [3.63, 3.8) is 0 Å². The van der Waals surface area contributed by atoms with Crippen molar-refractivity contribution in [2.45, 2.75) is 13.0 Å². The molecule has 3 aromatic rings. The molecule has 0 spiro atoms. The van der Waals surface area contributed by atoms with Gasteiger partial charge < -0.3 is 25.5 Å². The highest BCUT2D eigenvalue weighted by atomic mass is 16.5. The second kappa shape index (κ2) is 10.4. The number of benzene rings is 2. The van der Waals surface area contributed by atoms with Gasteiger partial charge in [-0.25, -0.2) is 0 Å². The Bertz CT molecular complexity index is 1180. The number of primary amides is 1. The quantitative estimate of drug-likeness (QED) is 0.473. The van der Waals surface area contributed by atoms with E-state index in [0.717, 1.165) is 0 Å². The van der Waals surface area contributed by atoms with Crippen LogP contribution in [0.5, 0.6) is 5.75 Å². The zero-order chi connectivity index (χ0) is 22.9. The lowest BCUT2D eigenvalue weighted by molar-refractivity contribution is -0.117. The third kappa shape index (κ3) is 5.73. The zero-order valence-electron chi connectivity index (χ0n) is 17.0. The van der Waals surface area contributed by atoms with Crippen LogP contribution in [-0.2, 0) is 11.4 Å². The van der Waals surface area contributed by atoms with Gasteiger partial charge in [0.25, 0.3) is 11.8 Å². The van der Waals surface area contributed by atoms with Crippen molar-refractivity contribution in [2.24, 2.45) is 5.73 Å². The maximum absolute atomic E-state index is 12.6. The SMILES string of the molecule is N#Cc1ccccc1OCc1ccc(C(=O)Nc2ccccc2C(=O)NCCC(N)=O)o1. The first-order valence-electron chi connectivity index (χ1n) is 9.65. The van der Waals surface area contributed by atoms with Gasteiger partial charge in [0.1, 0.15) is 24.2 Å². The van der Waals surface area contributed by atoms with E-state index < -0.39 is 17.7 Å². The predicted octanol–water partition coefficient (Wildman–Crippen LogP) is 2.59. The number of carbonyl (C=O) groups is 3. The molecular formula is C23H20N4O5. The fraction of sp³-hybridized carbons (Fsp3) is 0.130. The molecule has 4 N–H and O–H groups in total. The van der Waals surface area contributed by atoms with E-state index in [4.69, 9.17) is 20.1 Å². The summed E-state index contributed by atoms with van der Waals surface area (Å²) in [5.74, 6) is -0.700. The van der Waals surface area contributed by atoms with Gasteiger partial charge in [-0.1, -0.05) is 24.3 Å². The monoisotopic (exact) mass is 432 g/mol. The molecule has 0 bridgehead atoms. The minimum absolute atomic E-state index is 0.0103. The molecule has 0 aliphatic heterocycles. The van der Waals surface area contributed by atoms with Gasteiger partial charge in [-0.2, -0.15) is 5.26 Å². The van der Waals surface area contributed by atoms with Crippen molar-refractivity contribution in [2.75, 3.05) is 11.9 Å². The number of hydrogen-bond donors (Lipinski definition) is 3. The van der Waals surface area contributed by atoms with Gasteiger partial charge in [0.05, 0.1) is 16.8 Å². The van der Waals surface area contributed by atoms with Crippen LogP contribution in [0.15, 0.2) is 65.1 Å². The number of anilines is 1. The van der Waals surface area contributed by atoms with Crippen LogP contribution in [0.2, 0.25) is 0 Å². The second-order valence-corrected chi connectivity index (χ2v) is 6.63. The van der Waals surface area contributed by atoms with Crippen LogP contribution in [0.4, 0.5) is 5.69 Å². The molecule has 0 aliphatic rings. The molecule has 3 rings (SSSR count). The van der Waals surface area contributed by atoms with Gasteiger partial charge >= 0.3 is 0 Å². The first-order chi connectivity index (χ1) is 15.5. The molecule has 0 atom stereocenters. The Labute approximate surface area is 183 Å². The molecule has 2 aromatic carbocycles. The Morgan fingerprint density at radius 1 is 1.00 bits per heavy atom. The van der Waals surface area contributed by atoms with Crippen molar-refractivity contribution >= 4 is 23.4 Å². The number of furan rings is 1. The van der Waals surface area contributed by atoms with Crippen LogP contribution in [0.25, 0.3) is 0 Å². The van der Waals surface area contributed by atoms with Crippen LogP contribution in [0.3, 0.4) is 0 Å². The normalized spacial score (nSPS) is 10.1. The molecule has 3 amide bonds. The minimum Gasteiger partial charge on any atom is -0.484 e. The summed E-state index contributed by atoms with van der Waals surface area (Å²) in [6.07, 6.45) is 0.0103. The summed E-state index contributed by atoms with van der Waals surface area (Å²) in [5.41, 5.74) is 5.97. The summed E-state index contributed by atoms with van der Waals surface area (Å²) in [6, 6.07) is 18.3. The first kappa shape index (κ1) is 22.1. The average molecular weight is 432 g/mol. The van der Waals surface area contributed by atoms with E-state index in [1.807, 2.05) is 6.07 Å². The molecule has 0 fully saturated rings. The van der Waals surface area contributed by atoms with E-state index in [2.05, 4.69) is 10.6 Å². The summed E-state index contributed by atoms with van der Waals surface area (Å²) in [4.78, 5) is 35.8. The number of rotatable bonds is 9. The summed E-state index contributed by atoms with van der Waals surface area (Å²) < 4.78 is 11.1. The van der Waals surface area contributed by atoms with E-state index >= 15 is 0 Å². The molecule has 1 aromatic heterocycles. The molecule has 0 unspecified atom stereocenters. The smallest absolute Gasteiger partial charge is 0.291 e. The first-order valence-corrected chi connectivity index (χ1v) is 9.65. The number of nitrogens with two attached hydrogens (primary N) is 1. The van der Waals surface area contributed by atoms with Crippen LogP contribution in [0.1, 0.15) is 38.7 Å². The number of hydrogen-bond acceptors (Lipinski definition) is 6. The van der Waals surface area contributed by atoms with Crippen LogP contribution >= 0.6 is 0 Å². The lowest BCUT2D eigenvalue weighted by Crippen LogP contribution is -2.28. The minimum atomic E-state index is -0.550. The fourth-order valence-corrected chi connectivity index (χ4v) is 2.78. The highest BCUT2D eigenvalue weighted by Crippen LogP contribution is 2.20. The molecule has 1 heterocycles. The van der Waals surface area contributed by atoms with E-state index in [1.54, 1.807) is 54.6 Å². The maximum atomic E-state index is 12.6. The molecule has 0 saturated heterocycles.